The smallest absolute Gasteiger partial charge is 0.339 e. The van der Waals surface area contributed by atoms with Crippen LogP contribution in [0.4, 0.5) is 5.69 Å². The Morgan fingerprint density at radius 3 is 2.21 bits per heavy atom. The highest BCUT2D eigenvalue weighted by molar-refractivity contribution is 6.08. The molecule has 2 N–H and O–H groups in total. The van der Waals surface area contributed by atoms with Crippen molar-refractivity contribution < 1.29 is 23.9 Å². The molecule has 0 aliphatic carbocycles. The summed E-state index contributed by atoms with van der Waals surface area (Å²) >= 11 is 0. The molecule has 0 fully saturated rings. The standard InChI is InChI=1S/C16H14N2O6/c1-23-15(21)9-3-5-11(16(22)24-2)12(7-9)18-14(20)10-4-6-13(19)17-8-10/h3-8H,1-2H3,(H,17,19)(H,18,20). The lowest BCUT2D eigenvalue weighted by Gasteiger charge is -2.11. The van der Waals surface area contributed by atoms with Gasteiger partial charge in [-0.1, -0.05) is 0 Å². The van der Waals surface area contributed by atoms with Crippen LogP contribution in [0.5, 0.6) is 0 Å². The van der Waals surface area contributed by atoms with E-state index in [2.05, 4.69) is 19.8 Å². The van der Waals surface area contributed by atoms with Crippen LogP contribution in [0.15, 0.2) is 41.3 Å². The number of pyridine rings is 1. The van der Waals surface area contributed by atoms with Gasteiger partial charge in [-0.3, -0.25) is 9.59 Å². The maximum absolute atomic E-state index is 12.2. The second-order valence-electron chi connectivity index (χ2n) is 4.64. The van der Waals surface area contributed by atoms with Gasteiger partial charge in [0.2, 0.25) is 5.56 Å². The van der Waals surface area contributed by atoms with Gasteiger partial charge in [-0.2, -0.15) is 0 Å². The summed E-state index contributed by atoms with van der Waals surface area (Å²) in [7, 11) is 2.42. The predicted molar refractivity (Wildman–Crippen MR) is 84.1 cm³/mol. The van der Waals surface area contributed by atoms with E-state index in [0.717, 1.165) is 0 Å². The number of anilines is 1. The number of benzene rings is 1. The van der Waals surface area contributed by atoms with E-state index < -0.39 is 17.8 Å². The van der Waals surface area contributed by atoms with Crippen LogP contribution in [0.1, 0.15) is 31.1 Å². The average Bonchev–Trinajstić information content (AvgIpc) is 2.60. The molecule has 8 nitrogen and oxygen atoms in total. The van der Waals surface area contributed by atoms with E-state index in [0.29, 0.717) is 0 Å². The molecule has 0 aliphatic heterocycles. The third-order valence-electron chi connectivity index (χ3n) is 3.14. The lowest BCUT2D eigenvalue weighted by molar-refractivity contribution is 0.0587. The number of methoxy groups -OCH3 is 2. The first kappa shape index (κ1) is 16.9. The number of hydrogen-bond donors (Lipinski definition) is 2. The largest absolute Gasteiger partial charge is 0.465 e. The number of rotatable bonds is 4. The molecule has 0 radical (unpaired) electrons. The first-order valence-corrected chi connectivity index (χ1v) is 6.77. The van der Waals surface area contributed by atoms with E-state index in [-0.39, 0.29) is 27.9 Å². The molecule has 124 valence electrons. The van der Waals surface area contributed by atoms with Crippen molar-refractivity contribution in [2.75, 3.05) is 19.5 Å². The summed E-state index contributed by atoms with van der Waals surface area (Å²) < 4.78 is 9.27. The molecule has 1 aromatic heterocycles. The second kappa shape index (κ2) is 7.23. The zero-order valence-corrected chi connectivity index (χ0v) is 12.9. The maximum Gasteiger partial charge on any atom is 0.339 e. The van der Waals surface area contributed by atoms with Crippen molar-refractivity contribution >= 4 is 23.5 Å². The number of hydrogen-bond acceptors (Lipinski definition) is 6. The number of esters is 2. The van der Waals surface area contributed by atoms with Crippen molar-refractivity contribution in [3.05, 3.63) is 63.6 Å². The number of H-pyrrole nitrogens is 1. The van der Waals surface area contributed by atoms with Crippen LogP contribution < -0.4 is 10.9 Å². The van der Waals surface area contributed by atoms with E-state index >= 15 is 0 Å². The zero-order valence-electron chi connectivity index (χ0n) is 12.9. The van der Waals surface area contributed by atoms with Crippen molar-refractivity contribution in [3.63, 3.8) is 0 Å². The van der Waals surface area contributed by atoms with Crippen LogP contribution >= 0.6 is 0 Å². The highest BCUT2D eigenvalue weighted by atomic mass is 16.5. The summed E-state index contributed by atoms with van der Waals surface area (Å²) in [6.45, 7) is 0. The summed E-state index contributed by atoms with van der Waals surface area (Å²) in [5, 5.41) is 2.51. The molecule has 24 heavy (non-hydrogen) atoms. The van der Waals surface area contributed by atoms with E-state index in [1.165, 1.54) is 50.7 Å². The fourth-order valence-corrected chi connectivity index (χ4v) is 1.93. The lowest BCUT2D eigenvalue weighted by Crippen LogP contribution is -2.17. The molecule has 2 rings (SSSR count). The molecular weight excluding hydrogens is 316 g/mol. The summed E-state index contributed by atoms with van der Waals surface area (Å²) in [6, 6.07) is 6.56. The SMILES string of the molecule is COC(=O)c1ccc(C(=O)OC)c(NC(=O)c2ccc(=O)[nH]c2)c1. The minimum absolute atomic E-state index is 0.0722. The molecule has 0 atom stereocenters. The molecule has 0 saturated heterocycles. The van der Waals surface area contributed by atoms with Crippen LogP contribution in [-0.4, -0.2) is 37.0 Å². The van der Waals surface area contributed by atoms with Gasteiger partial charge < -0.3 is 19.8 Å². The van der Waals surface area contributed by atoms with Crippen molar-refractivity contribution in [3.8, 4) is 0 Å². The topological polar surface area (TPSA) is 115 Å². The first-order valence-electron chi connectivity index (χ1n) is 6.77. The fraction of sp³-hybridized carbons (Fsp3) is 0.125. The Morgan fingerprint density at radius 1 is 0.958 bits per heavy atom. The van der Waals surface area contributed by atoms with Gasteiger partial charge in [-0.05, 0) is 24.3 Å². The zero-order chi connectivity index (χ0) is 17.7. The maximum atomic E-state index is 12.2. The van der Waals surface area contributed by atoms with Gasteiger partial charge in [-0.15, -0.1) is 0 Å². The third kappa shape index (κ3) is 3.67. The molecule has 0 unspecified atom stereocenters. The van der Waals surface area contributed by atoms with Crippen molar-refractivity contribution in [1.82, 2.24) is 4.98 Å². The quantitative estimate of drug-likeness (QED) is 0.814. The Labute approximate surface area is 136 Å². The molecule has 8 heteroatoms. The number of nitrogens with one attached hydrogen (secondary N) is 2. The van der Waals surface area contributed by atoms with E-state index in [9.17, 15) is 19.2 Å². The van der Waals surface area contributed by atoms with Crippen molar-refractivity contribution in [2.24, 2.45) is 0 Å². The fourth-order valence-electron chi connectivity index (χ4n) is 1.93. The number of carbonyl (C=O) groups excluding carboxylic acids is 3. The van der Waals surface area contributed by atoms with Gasteiger partial charge >= 0.3 is 11.9 Å². The predicted octanol–water partition coefficient (Wildman–Crippen LogP) is 1.20. The number of aromatic nitrogens is 1. The summed E-state index contributed by atoms with van der Waals surface area (Å²) in [5.74, 6) is -1.87. The molecule has 1 heterocycles. The number of carbonyl (C=O) groups is 3. The molecule has 0 aliphatic rings. The van der Waals surface area contributed by atoms with Gasteiger partial charge in [-0.25, -0.2) is 9.59 Å². The summed E-state index contributed by atoms with van der Waals surface area (Å²) in [6.07, 6.45) is 1.24. The highest BCUT2D eigenvalue weighted by Crippen LogP contribution is 2.20. The monoisotopic (exact) mass is 330 g/mol. The van der Waals surface area contributed by atoms with Crippen molar-refractivity contribution in [1.29, 1.82) is 0 Å². The van der Waals surface area contributed by atoms with Crippen LogP contribution in [0.25, 0.3) is 0 Å². The minimum Gasteiger partial charge on any atom is -0.465 e. The molecule has 1 amide bonds. The molecule has 0 bridgehead atoms. The van der Waals surface area contributed by atoms with Crippen LogP contribution in [0.3, 0.4) is 0 Å². The Bertz CT molecular complexity index is 835. The number of aromatic amines is 1. The summed E-state index contributed by atoms with van der Waals surface area (Å²) in [4.78, 5) is 49.1. The van der Waals surface area contributed by atoms with Crippen LogP contribution in [0, 0.1) is 0 Å². The number of amides is 1. The molecule has 1 aromatic carbocycles. The second-order valence-corrected chi connectivity index (χ2v) is 4.64. The lowest BCUT2D eigenvalue weighted by atomic mass is 10.1. The van der Waals surface area contributed by atoms with Gasteiger partial charge in [0.25, 0.3) is 5.91 Å². The molecule has 2 aromatic rings. The normalized spacial score (nSPS) is 9.92. The molecule has 0 saturated carbocycles. The Kier molecular flexibility index (Phi) is 5.10. The Balaban J connectivity index is 2.39. The molecule has 0 spiro atoms. The van der Waals surface area contributed by atoms with Gasteiger partial charge in [0.15, 0.2) is 0 Å². The van der Waals surface area contributed by atoms with E-state index in [4.69, 9.17) is 0 Å². The average molecular weight is 330 g/mol. The van der Waals surface area contributed by atoms with Gasteiger partial charge in [0, 0.05) is 12.3 Å². The number of ether oxygens (including phenoxy) is 2. The Hall–Kier alpha value is -3.42. The first-order chi connectivity index (χ1) is 11.5. The highest BCUT2D eigenvalue weighted by Gasteiger charge is 2.18. The minimum atomic E-state index is -0.678. The van der Waals surface area contributed by atoms with Crippen LogP contribution in [-0.2, 0) is 9.47 Å². The molecular formula is C16H14N2O6. The Morgan fingerprint density at radius 2 is 1.62 bits per heavy atom. The van der Waals surface area contributed by atoms with Crippen molar-refractivity contribution in [2.45, 2.75) is 0 Å². The summed E-state index contributed by atoms with van der Waals surface area (Å²) in [5.41, 5.74) is 0.133. The third-order valence-corrected chi connectivity index (χ3v) is 3.14. The van der Waals surface area contributed by atoms with Gasteiger partial charge in [0.05, 0.1) is 36.6 Å². The van der Waals surface area contributed by atoms with E-state index in [1.54, 1.807) is 0 Å². The van der Waals surface area contributed by atoms with Gasteiger partial charge in [0.1, 0.15) is 0 Å². The van der Waals surface area contributed by atoms with Crippen LogP contribution in [0.2, 0.25) is 0 Å². The van der Waals surface area contributed by atoms with E-state index in [1.807, 2.05) is 0 Å².